The highest BCUT2D eigenvalue weighted by Crippen LogP contribution is 2.41. The van der Waals surface area contributed by atoms with E-state index in [0.29, 0.717) is 35.8 Å². The number of amides is 4. The first-order chi connectivity index (χ1) is 17.0. The largest absolute Gasteiger partial charge is 0.467 e. The standard InChI is InChI=1S/C26H21ClN4O4/c27-18-9-7-17(8-10-18)20-14-21(22-6-3-13-35-22)31(29-20)23(32)15-30-24(33)26(28-25(30)34)12-11-16-4-1-2-5-19(16)26/h1-10,13,21H,11-12,14-15H2,(H,28,34)/t21-,26+/m0/s1. The zero-order valence-electron chi connectivity index (χ0n) is 18.6. The lowest BCUT2D eigenvalue weighted by Gasteiger charge is -2.24. The topological polar surface area (TPSA) is 95.2 Å². The summed E-state index contributed by atoms with van der Waals surface area (Å²) >= 11 is 6.02. The van der Waals surface area contributed by atoms with Gasteiger partial charge in [-0.05, 0) is 53.8 Å². The SMILES string of the molecule is O=C1N[C@@]2(CCc3ccccc32)C(=O)N1CC(=O)N1N=C(c2ccc(Cl)cc2)C[C@H]1c1ccco1. The molecule has 3 heterocycles. The molecular formula is C26H21ClN4O4. The van der Waals surface area contributed by atoms with Crippen molar-refractivity contribution in [3.05, 3.63) is 94.4 Å². The summed E-state index contributed by atoms with van der Waals surface area (Å²) in [6, 6.07) is 17.3. The molecule has 1 spiro atoms. The van der Waals surface area contributed by atoms with Crippen molar-refractivity contribution in [3.8, 4) is 0 Å². The molecular weight excluding hydrogens is 468 g/mol. The minimum Gasteiger partial charge on any atom is -0.467 e. The van der Waals surface area contributed by atoms with Gasteiger partial charge in [0.1, 0.15) is 23.9 Å². The molecule has 1 aliphatic carbocycles. The van der Waals surface area contributed by atoms with Crippen LogP contribution >= 0.6 is 11.6 Å². The average Bonchev–Trinajstić information content (AvgIpc) is 3.64. The molecule has 176 valence electrons. The Hall–Kier alpha value is -3.91. The summed E-state index contributed by atoms with van der Waals surface area (Å²) in [5, 5.41) is 9.35. The number of benzene rings is 2. The van der Waals surface area contributed by atoms with E-state index in [1.807, 2.05) is 36.4 Å². The summed E-state index contributed by atoms with van der Waals surface area (Å²) < 4.78 is 5.58. The van der Waals surface area contributed by atoms with Crippen molar-refractivity contribution >= 4 is 35.2 Å². The highest BCUT2D eigenvalue weighted by Gasteiger charge is 2.56. The second-order valence-electron chi connectivity index (χ2n) is 8.91. The van der Waals surface area contributed by atoms with Crippen LogP contribution in [0.5, 0.6) is 0 Å². The monoisotopic (exact) mass is 488 g/mol. The summed E-state index contributed by atoms with van der Waals surface area (Å²) in [6.45, 7) is -0.414. The maximum absolute atomic E-state index is 13.5. The Morgan fingerprint density at radius 2 is 1.91 bits per heavy atom. The molecule has 0 unspecified atom stereocenters. The third kappa shape index (κ3) is 3.44. The van der Waals surface area contributed by atoms with Crippen LogP contribution in [0.4, 0.5) is 4.79 Å². The summed E-state index contributed by atoms with van der Waals surface area (Å²) in [5.41, 5.74) is 2.24. The van der Waals surface area contributed by atoms with Crippen LogP contribution in [0, 0.1) is 0 Å². The number of rotatable bonds is 4. The predicted octanol–water partition coefficient (Wildman–Crippen LogP) is 4.00. The lowest BCUT2D eigenvalue weighted by atomic mass is 9.92. The Balaban J connectivity index is 1.28. The zero-order chi connectivity index (χ0) is 24.2. The van der Waals surface area contributed by atoms with Crippen molar-refractivity contribution in [1.82, 2.24) is 15.2 Å². The Morgan fingerprint density at radius 1 is 1.11 bits per heavy atom. The van der Waals surface area contributed by atoms with Crippen LogP contribution in [0.15, 0.2) is 76.4 Å². The fraction of sp³-hybridized carbons (Fsp3) is 0.231. The van der Waals surface area contributed by atoms with Crippen LogP contribution in [-0.4, -0.2) is 40.0 Å². The van der Waals surface area contributed by atoms with Gasteiger partial charge >= 0.3 is 6.03 Å². The van der Waals surface area contributed by atoms with Crippen molar-refractivity contribution in [2.45, 2.75) is 30.8 Å². The lowest BCUT2D eigenvalue weighted by Crippen LogP contribution is -2.44. The van der Waals surface area contributed by atoms with Crippen LogP contribution in [0.25, 0.3) is 0 Å². The van der Waals surface area contributed by atoms with Crippen LogP contribution in [-0.2, 0) is 21.5 Å². The molecule has 8 nitrogen and oxygen atoms in total. The van der Waals surface area contributed by atoms with Crippen molar-refractivity contribution < 1.29 is 18.8 Å². The molecule has 2 aliphatic heterocycles. The number of imide groups is 1. The van der Waals surface area contributed by atoms with Gasteiger partial charge in [-0.25, -0.2) is 9.80 Å². The van der Waals surface area contributed by atoms with Gasteiger partial charge in [-0.1, -0.05) is 48.0 Å². The lowest BCUT2D eigenvalue weighted by molar-refractivity contribution is -0.140. The molecule has 35 heavy (non-hydrogen) atoms. The summed E-state index contributed by atoms with van der Waals surface area (Å²) in [6.07, 6.45) is 3.12. The number of urea groups is 1. The molecule has 0 bridgehead atoms. The van der Waals surface area contributed by atoms with Crippen LogP contribution in [0.2, 0.25) is 5.02 Å². The smallest absolute Gasteiger partial charge is 0.325 e. The van der Waals surface area contributed by atoms with E-state index >= 15 is 0 Å². The van der Waals surface area contributed by atoms with E-state index in [4.69, 9.17) is 16.0 Å². The summed E-state index contributed by atoms with van der Waals surface area (Å²) in [5.74, 6) is -0.303. The number of hydrogen-bond acceptors (Lipinski definition) is 5. The third-order valence-electron chi connectivity index (χ3n) is 6.93. The predicted molar refractivity (Wildman–Crippen MR) is 128 cm³/mol. The second-order valence-corrected chi connectivity index (χ2v) is 9.35. The fourth-order valence-corrected chi connectivity index (χ4v) is 5.33. The van der Waals surface area contributed by atoms with Crippen LogP contribution in [0.1, 0.15) is 41.3 Å². The third-order valence-corrected chi connectivity index (χ3v) is 7.18. The maximum Gasteiger partial charge on any atom is 0.325 e. The summed E-state index contributed by atoms with van der Waals surface area (Å²) in [7, 11) is 0. The molecule has 9 heteroatoms. The van der Waals surface area contributed by atoms with Gasteiger partial charge in [0.2, 0.25) is 0 Å². The van der Waals surface area contributed by atoms with E-state index in [-0.39, 0.29) is 0 Å². The number of carbonyl (C=O) groups excluding carboxylic acids is 3. The van der Waals surface area contributed by atoms with Crippen molar-refractivity contribution in [1.29, 1.82) is 0 Å². The highest BCUT2D eigenvalue weighted by molar-refractivity contribution is 6.30. The molecule has 3 aliphatic rings. The number of nitrogens with one attached hydrogen (secondary N) is 1. The van der Waals surface area contributed by atoms with Crippen molar-refractivity contribution in [3.63, 3.8) is 0 Å². The van der Waals surface area contributed by atoms with E-state index in [9.17, 15) is 14.4 Å². The van der Waals surface area contributed by atoms with Crippen LogP contribution in [0.3, 0.4) is 0 Å². The van der Waals surface area contributed by atoms with Gasteiger partial charge in [0.15, 0.2) is 0 Å². The van der Waals surface area contributed by atoms with E-state index in [1.54, 1.807) is 24.3 Å². The number of fused-ring (bicyclic) bond motifs is 2. The first-order valence-electron chi connectivity index (χ1n) is 11.4. The molecule has 3 aromatic rings. The molecule has 1 N–H and O–H groups in total. The Bertz CT molecular complexity index is 1370. The van der Waals surface area contributed by atoms with Crippen molar-refractivity contribution in [2.24, 2.45) is 5.10 Å². The molecule has 1 saturated heterocycles. The molecule has 0 saturated carbocycles. The second kappa shape index (κ2) is 8.09. The highest BCUT2D eigenvalue weighted by atomic mass is 35.5. The van der Waals surface area contributed by atoms with Gasteiger partial charge in [-0.15, -0.1) is 0 Å². The Labute approximate surface area is 206 Å². The van der Waals surface area contributed by atoms with E-state index in [2.05, 4.69) is 10.4 Å². The minimum atomic E-state index is -1.11. The van der Waals surface area contributed by atoms with Gasteiger partial charge in [-0.3, -0.25) is 14.5 Å². The van der Waals surface area contributed by atoms with E-state index in [1.165, 1.54) is 11.3 Å². The Kier molecular flexibility index (Phi) is 5.00. The molecule has 1 fully saturated rings. The normalized spacial score (nSPS) is 23.1. The molecule has 0 radical (unpaired) electrons. The van der Waals surface area contributed by atoms with Gasteiger partial charge in [0.05, 0.1) is 12.0 Å². The number of hydrazone groups is 1. The number of halogens is 1. The Morgan fingerprint density at radius 3 is 2.69 bits per heavy atom. The average molecular weight is 489 g/mol. The first-order valence-corrected chi connectivity index (χ1v) is 11.8. The fourth-order valence-electron chi connectivity index (χ4n) is 5.20. The quantitative estimate of drug-likeness (QED) is 0.561. The number of carbonyl (C=O) groups is 3. The van der Waals surface area contributed by atoms with E-state index in [0.717, 1.165) is 21.6 Å². The zero-order valence-corrected chi connectivity index (χ0v) is 19.4. The number of hydrogen-bond donors (Lipinski definition) is 1. The molecule has 4 amide bonds. The molecule has 2 aromatic carbocycles. The van der Waals surface area contributed by atoms with Crippen molar-refractivity contribution in [2.75, 3.05) is 6.54 Å². The number of nitrogens with zero attached hydrogens (tertiary/aromatic N) is 3. The number of aryl methyl sites for hydroxylation is 1. The van der Waals surface area contributed by atoms with Gasteiger partial charge in [0, 0.05) is 11.4 Å². The number of furan rings is 1. The van der Waals surface area contributed by atoms with Gasteiger partial charge in [0.25, 0.3) is 11.8 Å². The first kappa shape index (κ1) is 21.6. The minimum absolute atomic E-state index is 0.406. The van der Waals surface area contributed by atoms with Crippen LogP contribution < -0.4 is 5.32 Å². The van der Waals surface area contributed by atoms with Gasteiger partial charge in [-0.2, -0.15) is 5.10 Å². The van der Waals surface area contributed by atoms with Gasteiger partial charge < -0.3 is 9.73 Å². The molecule has 1 aromatic heterocycles. The van der Waals surface area contributed by atoms with E-state index < -0.39 is 36.0 Å². The summed E-state index contributed by atoms with van der Waals surface area (Å²) in [4.78, 5) is 40.8. The molecule has 6 rings (SSSR count). The maximum atomic E-state index is 13.5. The molecule has 2 atom stereocenters.